The fourth-order valence-electron chi connectivity index (χ4n) is 6.49. The van der Waals surface area contributed by atoms with E-state index in [1.54, 1.807) is 0 Å². The summed E-state index contributed by atoms with van der Waals surface area (Å²) >= 11 is 0. The van der Waals surface area contributed by atoms with Crippen LogP contribution in [0.4, 0.5) is 0 Å². The Labute approximate surface area is 317 Å². The molecule has 0 fully saturated rings. The van der Waals surface area contributed by atoms with Gasteiger partial charge in [0.1, 0.15) is 13.2 Å². The van der Waals surface area contributed by atoms with E-state index in [1.165, 1.54) is 116 Å². The van der Waals surface area contributed by atoms with Crippen molar-refractivity contribution in [1.82, 2.24) is 0 Å². The molecule has 0 aliphatic heterocycles. The zero-order valence-corrected chi connectivity index (χ0v) is 34.9. The Morgan fingerprint density at radius 3 is 1.02 bits per heavy atom. The molecule has 51 heavy (non-hydrogen) atoms. The molecule has 0 saturated heterocycles. The molecule has 0 radical (unpaired) electrons. The van der Waals surface area contributed by atoms with Gasteiger partial charge in [-0.15, -0.1) is 0 Å². The summed E-state index contributed by atoms with van der Waals surface area (Å²) < 4.78 is 16.7. The Bertz CT molecular complexity index is 794. The van der Waals surface area contributed by atoms with Crippen LogP contribution in [0.1, 0.15) is 234 Å². The molecule has 0 N–H and O–H groups in total. The van der Waals surface area contributed by atoms with Crippen molar-refractivity contribution in [3.63, 3.8) is 0 Å². The van der Waals surface area contributed by atoms with Crippen LogP contribution in [0.2, 0.25) is 0 Å². The van der Waals surface area contributed by atoms with Crippen LogP contribution in [0.15, 0.2) is 0 Å². The molecular weight excluding hydrogens is 636 g/mol. The minimum Gasteiger partial charge on any atom is -0.462 e. The first-order valence-electron chi connectivity index (χ1n) is 22.1. The Morgan fingerprint density at radius 2 is 0.686 bits per heavy atom. The second kappa shape index (κ2) is 36.8. The molecule has 0 rings (SSSR count). The maximum atomic E-state index is 12.7. The first kappa shape index (κ1) is 49.4. The highest BCUT2D eigenvalue weighted by Crippen LogP contribution is 2.17. The van der Waals surface area contributed by atoms with Gasteiger partial charge < -0.3 is 14.2 Å². The van der Waals surface area contributed by atoms with Gasteiger partial charge in [0.2, 0.25) is 0 Å². The van der Waals surface area contributed by atoms with Gasteiger partial charge in [0, 0.05) is 19.3 Å². The Hall–Kier alpha value is -1.59. The molecule has 0 aromatic heterocycles. The average molecular weight is 723 g/mol. The van der Waals surface area contributed by atoms with Gasteiger partial charge in [0.25, 0.3) is 0 Å². The van der Waals surface area contributed by atoms with Crippen LogP contribution in [-0.2, 0) is 28.6 Å². The monoisotopic (exact) mass is 723 g/mol. The van der Waals surface area contributed by atoms with Crippen molar-refractivity contribution < 1.29 is 28.6 Å². The van der Waals surface area contributed by atoms with Gasteiger partial charge in [-0.25, -0.2) is 0 Å². The zero-order valence-electron chi connectivity index (χ0n) is 34.9. The third-order valence-corrected chi connectivity index (χ3v) is 10.3. The lowest BCUT2D eigenvalue weighted by Gasteiger charge is -2.18. The lowest BCUT2D eigenvalue weighted by atomic mass is 10.00. The molecule has 0 spiro atoms. The molecule has 302 valence electrons. The Balaban J connectivity index is 4.36. The third kappa shape index (κ3) is 38.0. The number of rotatable bonds is 38. The molecule has 0 aromatic carbocycles. The number of hydrogen-bond acceptors (Lipinski definition) is 6. The van der Waals surface area contributed by atoms with Gasteiger partial charge in [-0.1, -0.05) is 196 Å². The molecule has 0 heterocycles. The van der Waals surface area contributed by atoms with E-state index in [2.05, 4.69) is 41.5 Å². The Morgan fingerprint density at radius 1 is 0.392 bits per heavy atom. The fourth-order valence-corrected chi connectivity index (χ4v) is 6.49. The number of carbonyl (C=O) groups is 3. The molecule has 2 atom stereocenters. The molecule has 0 bridgehead atoms. The van der Waals surface area contributed by atoms with Gasteiger partial charge in [-0.2, -0.15) is 0 Å². The van der Waals surface area contributed by atoms with E-state index in [0.29, 0.717) is 19.3 Å². The molecule has 1 unspecified atom stereocenters. The lowest BCUT2D eigenvalue weighted by Crippen LogP contribution is -2.30. The second-order valence-corrected chi connectivity index (χ2v) is 16.5. The van der Waals surface area contributed by atoms with Crippen molar-refractivity contribution in [3.05, 3.63) is 0 Å². The minimum atomic E-state index is -0.762. The molecule has 6 nitrogen and oxygen atoms in total. The predicted molar refractivity (Wildman–Crippen MR) is 215 cm³/mol. The number of carbonyl (C=O) groups excluding carboxylic acids is 3. The quantitative estimate of drug-likeness (QED) is 0.0359. The number of ether oxygens (including phenoxy) is 3. The molecule has 0 aliphatic rings. The lowest BCUT2D eigenvalue weighted by molar-refractivity contribution is -0.167. The summed E-state index contributed by atoms with van der Waals surface area (Å²) in [5.74, 6) is 1.55. The van der Waals surface area contributed by atoms with Crippen LogP contribution in [0.3, 0.4) is 0 Å². The zero-order chi connectivity index (χ0) is 37.8. The van der Waals surface area contributed by atoms with Gasteiger partial charge in [0.15, 0.2) is 6.10 Å². The second-order valence-electron chi connectivity index (χ2n) is 16.5. The van der Waals surface area contributed by atoms with E-state index in [4.69, 9.17) is 14.2 Å². The topological polar surface area (TPSA) is 78.9 Å². The van der Waals surface area contributed by atoms with Crippen molar-refractivity contribution in [2.45, 2.75) is 240 Å². The largest absolute Gasteiger partial charge is 0.462 e. The third-order valence-electron chi connectivity index (χ3n) is 10.3. The highest BCUT2D eigenvalue weighted by molar-refractivity contribution is 5.71. The molecule has 0 aromatic rings. The van der Waals surface area contributed by atoms with Crippen LogP contribution in [-0.4, -0.2) is 37.2 Å². The predicted octanol–water partition coefficient (Wildman–Crippen LogP) is 13.7. The molecule has 0 aliphatic carbocycles. The average Bonchev–Trinajstić information content (AvgIpc) is 3.09. The van der Waals surface area contributed by atoms with E-state index in [1.807, 2.05) is 0 Å². The van der Waals surface area contributed by atoms with Crippen LogP contribution in [0.25, 0.3) is 0 Å². The summed E-state index contributed by atoms with van der Waals surface area (Å²) in [6.07, 6.45) is 32.4. The van der Waals surface area contributed by atoms with Crippen LogP contribution in [0.5, 0.6) is 0 Å². The summed E-state index contributed by atoms with van der Waals surface area (Å²) in [6.45, 7) is 13.6. The number of esters is 3. The molecule has 0 amide bonds. The van der Waals surface area contributed by atoms with Crippen molar-refractivity contribution in [3.8, 4) is 0 Å². The van der Waals surface area contributed by atoms with Gasteiger partial charge in [-0.05, 0) is 37.0 Å². The van der Waals surface area contributed by atoms with Crippen molar-refractivity contribution >= 4 is 17.9 Å². The smallest absolute Gasteiger partial charge is 0.306 e. The number of hydrogen-bond donors (Lipinski definition) is 0. The van der Waals surface area contributed by atoms with Gasteiger partial charge in [-0.3, -0.25) is 14.4 Å². The van der Waals surface area contributed by atoms with E-state index in [-0.39, 0.29) is 31.1 Å². The highest BCUT2D eigenvalue weighted by atomic mass is 16.6. The summed E-state index contributed by atoms with van der Waals surface area (Å²) in [4.78, 5) is 37.6. The van der Waals surface area contributed by atoms with E-state index in [0.717, 1.165) is 75.5 Å². The van der Waals surface area contributed by atoms with Crippen LogP contribution in [0, 0.1) is 17.8 Å². The van der Waals surface area contributed by atoms with Crippen molar-refractivity contribution in [2.75, 3.05) is 13.2 Å². The first-order valence-corrected chi connectivity index (χ1v) is 22.1. The molecular formula is C45H86O6. The first-order chi connectivity index (χ1) is 24.6. The summed E-state index contributed by atoms with van der Waals surface area (Å²) in [6, 6.07) is 0. The van der Waals surface area contributed by atoms with Crippen LogP contribution < -0.4 is 0 Å². The van der Waals surface area contributed by atoms with Crippen molar-refractivity contribution in [2.24, 2.45) is 17.8 Å². The SMILES string of the molecule is CCC(C)CCCCCCCCC(=O)OC[C@@H](COC(=O)CCCCCCCCCCCC(C)C)OC(=O)CCCCCCCCCCC(C)C. The maximum absolute atomic E-state index is 12.7. The molecule has 0 saturated carbocycles. The highest BCUT2D eigenvalue weighted by Gasteiger charge is 2.19. The Kier molecular flexibility index (Phi) is 35.6. The summed E-state index contributed by atoms with van der Waals surface area (Å²) in [7, 11) is 0. The van der Waals surface area contributed by atoms with Gasteiger partial charge >= 0.3 is 17.9 Å². The summed E-state index contributed by atoms with van der Waals surface area (Å²) in [5, 5.41) is 0. The summed E-state index contributed by atoms with van der Waals surface area (Å²) in [5.41, 5.74) is 0. The molecule has 6 heteroatoms. The minimum absolute atomic E-state index is 0.0673. The van der Waals surface area contributed by atoms with E-state index >= 15 is 0 Å². The maximum Gasteiger partial charge on any atom is 0.306 e. The van der Waals surface area contributed by atoms with Gasteiger partial charge in [0.05, 0.1) is 0 Å². The van der Waals surface area contributed by atoms with Crippen molar-refractivity contribution in [1.29, 1.82) is 0 Å². The van der Waals surface area contributed by atoms with Crippen LogP contribution >= 0.6 is 0 Å². The fraction of sp³-hybridized carbons (Fsp3) is 0.933. The van der Waals surface area contributed by atoms with E-state index in [9.17, 15) is 14.4 Å². The number of unbranched alkanes of at least 4 members (excludes halogenated alkanes) is 20. The van der Waals surface area contributed by atoms with E-state index < -0.39 is 6.10 Å². The normalized spacial score (nSPS) is 12.7. The standard InChI is InChI=1S/C45H86O6/c1-7-41(6)33-27-21-17-18-23-29-35-44(47)50-38-42(51-45(48)36-30-24-16-12-11-14-20-26-32-40(4)5)37-49-43(46)34-28-22-15-10-8-9-13-19-25-31-39(2)3/h39-42H,7-38H2,1-6H3/t41?,42-/m1/s1.